The first-order valence-corrected chi connectivity index (χ1v) is 9.61. The minimum Gasteiger partial charge on any atom is -0.320 e. The second-order valence-electron chi connectivity index (χ2n) is 6.39. The fourth-order valence-corrected chi connectivity index (χ4v) is 4.77. The Labute approximate surface area is 135 Å². The Morgan fingerprint density at radius 1 is 1.45 bits per heavy atom. The maximum atomic E-state index is 6.14. The largest absolute Gasteiger partial charge is 0.320 e. The molecule has 0 aromatic rings. The normalized spacial score (nSPS) is 31.4. The lowest BCUT2D eigenvalue weighted by Crippen LogP contribution is -2.24. The van der Waals surface area contributed by atoms with Crippen molar-refractivity contribution in [3.05, 3.63) is 24.3 Å². The molecule has 2 fully saturated rings. The summed E-state index contributed by atoms with van der Waals surface area (Å²) in [7, 11) is -0.837. The molecule has 4 nitrogen and oxygen atoms in total. The van der Waals surface area contributed by atoms with Gasteiger partial charge in [0.25, 0.3) is 8.53 Å². The molecule has 0 radical (unpaired) electrons. The van der Waals surface area contributed by atoms with Gasteiger partial charge in [-0.25, -0.2) is 4.67 Å². The Morgan fingerprint density at radius 3 is 3.05 bits per heavy atom. The molecule has 0 N–H and O–H groups in total. The molecule has 1 unspecified atom stereocenters. The lowest BCUT2D eigenvalue weighted by molar-refractivity contribution is 0.225. The first-order chi connectivity index (χ1) is 10.8. The highest BCUT2D eigenvalue weighted by molar-refractivity contribution is 7.44. The monoisotopic (exact) mass is 322 g/mol. The van der Waals surface area contributed by atoms with Crippen molar-refractivity contribution in [3.8, 4) is 0 Å². The van der Waals surface area contributed by atoms with Gasteiger partial charge in [-0.15, -0.1) is 0 Å². The van der Waals surface area contributed by atoms with Crippen LogP contribution in [0, 0.1) is 11.8 Å². The topological polar surface area (TPSA) is 34.1 Å². The van der Waals surface area contributed by atoms with E-state index in [1.165, 1.54) is 12.8 Å². The van der Waals surface area contributed by atoms with Gasteiger partial charge in [-0.05, 0) is 18.8 Å². The Hall–Kier alpha value is -0.540. The minimum absolute atomic E-state index is 0.222. The van der Waals surface area contributed by atoms with E-state index in [1.807, 2.05) is 0 Å². The zero-order valence-corrected chi connectivity index (χ0v) is 14.5. The summed E-state index contributed by atoms with van der Waals surface area (Å²) in [5.74, 6) is 0.876. The van der Waals surface area contributed by atoms with Crippen molar-refractivity contribution in [1.82, 2.24) is 4.67 Å². The SMILES string of the molecule is CC[C@H](C)[C@@H](COP1OC[C@@H]2CCCN21)N=CC1C=CC=C1. The summed E-state index contributed by atoms with van der Waals surface area (Å²) in [6, 6.07) is 0.825. The van der Waals surface area contributed by atoms with Crippen molar-refractivity contribution in [3.63, 3.8) is 0 Å². The Kier molecular flexibility index (Phi) is 5.81. The predicted octanol–water partition coefficient (Wildman–Crippen LogP) is 3.95. The summed E-state index contributed by atoms with van der Waals surface area (Å²) >= 11 is 0. The summed E-state index contributed by atoms with van der Waals surface area (Å²) in [4.78, 5) is 4.81. The summed E-state index contributed by atoms with van der Waals surface area (Å²) in [5.41, 5.74) is 0. The van der Waals surface area contributed by atoms with Gasteiger partial charge in [0, 0.05) is 24.7 Å². The van der Waals surface area contributed by atoms with Gasteiger partial charge in [-0.1, -0.05) is 44.6 Å². The highest BCUT2D eigenvalue weighted by atomic mass is 31.2. The van der Waals surface area contributed by atoms with E-state index < -0.39 is 8.53 Å². The average Bonchev–Trinajstić information content (AvgIpc) is 3.25. The van der Waals surface area contributed by atoms with E-state index in [0.717, 1.165) is 19.6 Å². The number of allylic oxidation sites excluding steroid dienone is 4. The van der Waals surface area contributed by atoms with E-state index in [-0.39, 0.29) is 6.04 Å². The molecule has 0 saturated carbocycles. The molecular weight excluding hydrogens is 295 g/mol. The third kappa shape index (κ3) is 3.86. The maximum Gasteiger partial charge on any atom is 0.259 e. The number of hydrogen-bond donors (Lipinski definition) is 0. The predicted molar refractivity (Wildman–Crippen MR) is 92.1 cm³/mol. The Morgan fingerprint density at radius 2 is 2.27 bits per heavy atom. The van der Waals surface area contributed by atoms with Crippen LogP contribution in [-0.4, -0.2) is 42.7 Å². The molecule has 0 aromatic carbocycles. The number of rotatable bonds is 7. The lowest BCUT2D eigenvalue weighted by Gasteiger charge is -2.24. The standard InChI is InChI=1S/C17H27N2O2P/c1-3-14(2)17(18-11-15-7-4-5-8-15)13-21-22-19-10-6-9-16(19)12-20-22/h4-5,7-8,11,14-17H,3,6,9-10,12-13H2,1-2H3/t14-,16-,17+,22?/m0/s1. The molecule has 5 heteroatoms. The van der Waals surface area contributed by atoms with Gasteiger partial charge < -0.3 is 9.05 Å². The number of hydrogen-bond acceptors (Lipinski definition) is 4. The quantitative estimate of drug-likeness (QED) is 0.526. The van der Waals surface area contributed by atoms with Crippen molar-refractivity contribution in [2.45, 2.75) is 45.2 Å². The van der Waals surface area contributed by atoms with Crippen LogP contribution in [0.25, 0.3) is 0 Å². The fourth-order valence-electron chi connectivity index (χ4n) is 3.07. The summed E-state index contributed by atoms with van der Waals surface area (Å²) in [6.07, 6.45) is 14.2. The van der Waals surface area contributed by atoms with Crippen LogP contribution in [0.1, 0.15) is 33.1 Å². The lowest BCUT2D eigenvalue weighted by atomic mass is 10.0. The molecule has 0 bridgehead atoms. The summed E-state index contributed by atoms with van der Waals surface area (Å²) < 4.78 is 14.4. The second-order valence-corrected chi connectivity index (χ2v) is 7.89. The van der Waals surface area contributed by atoms with Crippen molar-refractivity contribution >= 4 is 14.7 Å². The van der Waals surface area contributed by atoms with Crippen LogP contribution in [0.4, 0.5) is 0 Å². The van der Waals surface area contributed by atoms with Crippen LogP contribution >= 0.6 is 8.53 Å². The molecule has 22 heavy (non-hydrogen) atoms. The van der Waals surface area contributed by atoms with E-state index in [0.29, 0.717) is 24.5 Å². The van der Waals surface area contributed by atoms with Crippen molar-refractivity contribution in [2.75, 3.05) is 19.8 Å². The first kappa shape index (κ1) is 16.3. The molecule has 3 rings (SSSR count). The van der Waals surface area contributed by atoms with E-state index in [2.05, 4.69) is 49.0 Å². The van der Waals surface area contributed by atoms with Gasteiger partial charge in [-0.2, -0.15) is 0 Å². The fraction of sp³-hybridized carbons (Fsp3) is 0.706. The number of aliphatic imine (C=N–C) groups is 1. The van der Waals surface area contributed by atoms with E-state index in [9.17, 15) is 0 Å². The molecule has 1 aliphatic carbocycles. The van der Waals surface area contributed by atoms with Crippen LogP contribution in [0.2, 0.25) is 0 Å². The van der Waals surface area contributed by atoms with Gasteiger partial charge in [0.1, 0.15) is 0 Å². The molecule has 3 aliphatic rings. The van der Waals surface area contributed by atoms with Crippen molar-refractivity contribution in [2.24, 2.45) is 16.8 Å². The van der Waals surface area contributed by atoms with Crippen LogP contribution < -0.4 is 0 Å². The van der Waals surface area contributed by atoms with Crippen molar-refractivity contribution < 1.29 is 9.05 Å². The summed E-state index contributed by atoms with van der Waals surface area (Å²) in [6.45, 7) is 7.12. The molecule has 0 aromatic heterocycles. The van der Waals surface area contributed by atoms with E-state index in [4.69, 9.17) is 14.0 Å². The number of fused-ring (bicyclic) bond motifs is 1. The molecule has 0 amide bonds. The van der Waals surface area contributed by atoms with Gasteiger partial charge >= 0.3 is 0 Å². The number of nitrogens with zero attached hydrogens (tertiary/aromatic N) is 2. The zero-order valence-electron chi connectivity index (χ0n) is 13.6. The maximum absolute atomic E-state index is 6.14. The molecule has 122 valence electrons. The smallest absolute Gasteiger partial charge is 0.259 e. The summed E-state index contributed by atoms with van der Waals surface area (Å²) in [5, 5.41) is 0. The first-order valence-electron chi connectivity index (χ1n) is 8.48. The van der Waals surface area contributed by atoms with Crippen LogP contribution in [0.15, 0.2) is 29.3 Å². The average molecular weight is 322 g/mol. The van der Waals surface area contributed by atoms with E-state index >= 15 is 0 Å². The zero-order chi connectivity index (χ0) is 15.4. The highest BCUT2D eigenvalue weighted by Gasteiger charge is 2.40. The van der Waals surface area contributed by atoms with Crippen LogP contribution in [0.3, 0.4) is 0 Å². The minimum atomic E-state index is -0.837. The van der Waals surface area contributed by atoms with Crippen LogP contribution in [-0.2, 0) is 9.05 Å². The molecule has 2 saturated heterocycles. The second kappa shape index (κ2) is 7.83. The van der Waals surface area contributed by atoms with Crippen molar-refractivity contribution in [1.29, 1.82) is 0 Å². The Balaban J connectivity index is 1.53. The van der Waals surface area contributed by atoms with Crippen LogP contribution in [0.5, 0.6) is 0 Å². The third-order valence-corrected chi connectivity index (χ3v) is 6.50. The van der Waals surface area contributed by atoms with Gasteiger partial charge in [-0.3, -0.25) is 4.99 Å². The highest BCUT2D eigenvalue weighted by Crippen LogP contribution is 2.52. The molecule has 0 spiro atoms. The molecule has 2 aliphatic heterocycles. The van der Waals surface area contributed by atoms with Gasteiger partial charge in [0.15, 0.2) is 0 Å². The van der Waals surface area contributed by atoms with Gasteiger partial charge in [0.2, 0.25) is 0 Å². The van der Waals surface area contributed by atoms with Gasteiger partial charge in [0.05, 0.1) is 19.3 Å². The molecule has 4 atom stereocenters. The molecular formula is C17H27N2O2P. The molecule has 2 heterocycles. The Bertz CT molecular complexity index is 440. The third-order valence-electron chi connectivity index (χ3n) is 4.82. The van der Waals surface area contributed by atoms with E-state index in [1.54, 1.807) is 0 Å².